The minimum Gasteiger partial charge on any atom is -0.393 e. The van der Waals surface area contributed by atoms with E-state index in [0.717, 1.165) is 69.1 Å². The number of aliphatic hydroxyl groups is 1. The van der Waals surface area contributed by atoms with Crippen LogP contribution in [-0.4, -0.2) is 57.7 Å². The summed E-state index contributed by atoms with van der Waals surface area (Å²) < 4.78 is 0.866. The van der Waals surface area contributed by atoms with Gasteiger partial charge in [-0.15, -0.1) is 0 Å². The molecule has 1 aromatic rings. The highest BCUT2D eigenvalue weighted by Crippen LogP contribution is 2.43. The number of hydrogen-bond acceptors (Lipinski definition) is 5. The second-order valence-corrected chi connectivity index (χ2v) is 8.63. The first-order valence-corrected chi connectivity index (χ1v) is 10.1. The van der Waals surface area contributed by atoms with Gasteiger partial charge >= 0.3 is 0 Å². The van der Waals surface area contributed by atoms with Crippen LogP contribution in [-0.2, 0) is 4.79 Å². The molecule has 25 heavy (non-hydrogen) atoms. The van der Waals surface area contributed by atoms with Gasteiger partial charge in [0.15, 0.2) is 0 Å². The molecule has 1 amide bonds. The van der Waals surface area contributed by atoms with E-state index in [1.807, 2.05) is 0 Å². The van der Waals surface area contributed by atoms with E-state index in [4.69, 9.17) is 0 Å². The fourth-order valence-corrected chi connectivity index (χ4v) is 4.92. The lowest BCUT2D eigenvalue weighted by atomic mass is 9.78. The number of aliphatic hydroxyl groups excluding tert-OH is 1. The van der Waals surface area contributed by atoms with Gasteiger partial charge in [-0.25, -0.2) is 9.97 Å². The smallest absolute Gasteiger partial charge is 0.230 e. The molecule has 3 fully saturated rings. The van der Waals surface area contributed by atoms with E-state index in [9.17, 15) is 9.90 Å². The number of hydrogen-bond donors (Lipinski definition) is 1. The quantitative estimate of drug-likeness (QED) is 0.812. The van der Waals surface area contributed by atoms with Gasteiger partial charge in [0, 0.05) is 38.1 Å². The number of piperidine rings is 1. The van der Waals surface area contributed by atoms with Crippen molar-refractivity contribution in [2.75, 3.05) is 24.5 Å². The Labute approximate surface area is 156 Å². The predicted molar refractivity (Wildman–Crippen MR) is 98.2 cm³/mol. The number of rotatable bonds is 2. The molecule has 1 N–H and O–H groups in total. The number of carbonyl (C=O) groups is 1. The van der Waals surface area contributed by atoms with Crippen molar-refractivity contribution < 1.29 is 9.90 Å². The van der Waals surface area contributed by atoms with Crippen molar-refractivity contribution in [3.63, 3.8) is 0 Å². The van der Waals surface area contributed by atoms with Crippen molar-refractivity contribution in [3.8, 4) is 0 Å². The molecule has 1 saturated carbocycles. The Kier molecular flexibility index (Phi) is 4.71. The number of carbonyl (C=O) groups excluding carboxylic acids is 1. The highest BCUT2D eigenvalue weighted by atomic mass is 79.9. The number of aromatic nitrogens is 2. The average molecular weight is 409 g/mol. The molecule has 1 aliphatic carbocycles. The van der Waals surface area contributed by atoms with E-state index >= 15 is 0 Å². The summed E-state index contributed by atoms with van der Waals surface area (Å²) in [4.78, 5) is 26.4. The van der Waals surface area contributed by atoms with Crippen molar-refractivity contribution in [1.29, 1.82) is 0 Å². The summed E-state index contributed by atoms with van der Waals surface area (Å²) in [6.45, 7) is 2.49. The van der Waals surface area contributed by atoms with Crippen molar-refractivity contribution in [2.24, 2.45) is 5.41 Å². The highest BCUT2D eigenvalue weighted by Gasteiger charge is 2.50. The molecule has 2 saturated heterocycles. The van der Waals surface area contributed by atoms with Crippen LogP contribution in [0.25, 0.3) is 0 Å². The molecule has 2 aliphatic heterocycles. The van der Waals surface area contributed by atoms with E-state index in [2.05, 4.69) is 35.7 Å². The lowest BCUT2D eigenvalue weighted by Gasteiger charge is -2.40. The third-order valence-electron chi connectivity index (χ3n) is 6.12. The summed E-state index contributed by atoms with van der Waals surface area (Å²) >= 11 is 3.37. The Morgan fingerprint density at radius 3 is 2.56 bits per heavy atom. The summed E-state index contributed by atoms with van der Waals surface area (Å²) in [6.07, 6.45) is 9.75. The van der Waals surface area contributed by atoms with Crippen molar-refractivity contribution >= 4 is 27.8 Å². The molecule has 0 radical (unpaired) electrons. The minimum absolute atomic E-state index is 0.178. The summed E-state index contributed by atoms with van der Waals surface area (Å²) in [5.41, 5.74) is -0.273. The SMILES string of the molecule is O=C1N(C2CCC(O)CC2)CCC12CCCN(c1ncc(Br)cn1)C2. The molecular weight excluding hydrogens is 384 g/mol. The van der Waals surface area contributed by atoms with E-state index in [1.54, 1.807) is 12.4 Å². The van der Waals surface area contributed by atoms with Crippen LogP contribution < -0.4 is 4.90 Å². The second-order valence-electron chi connectivity index (χ2n) is 7.72. The van der Waals surface area contributed by atoms with Crippen molar-refractivity contribution in [1.82, 2.24) is 14.9 Å². The standard InChI is InChI=1S/C18H25BrN4O2/c19-13-10-20-17(21-11-13)22-8-1-6-18(12-22)7-9-23(16(18)25)14-2-4-15(24)5-3-14/h10-11,14-15,24H,1-9,12H2. The third kappa shape index (κ3) is 3.28. The minimum atomic E-state index is -0.273. The molecule has 0 aromatic carbocycles. The van der Waals surface area contributed by atoms with Gasteiger partial charge in [-0.05, 0) is 60.9 Å². The lowest BCUT2D eigenvalue weighted by molar-refractivity contribution is -0.139. The summed E-state index contributed by atoms with van der Waals surface area (Å²) in [6, 6.07) is 0.314. The number of halogens is 1. The molecule has 6 nitrogen and oxygen atoms in total. The van der Waals surface area contributed by atoms with Gasteiger partial charge in [0.2, 0.25) is 11.9 Å². The topological polar surface area (TPSA) is 69.6 Å². The summed E-state index contributed by atoms with van der Waals surface area (Å²) in [5, 5.41) is 9.73. The maximum atomic E-state index is 13.3. The fourth-order valence-electron chi connectivity index (χ4n) is 4.72. The first kappa shape index (κ1) is 17.2. The number of nitrogens with zero attached hydrogens (tertiary/aromatic N) is 4. The van der Waals surface area contributed by atoms with Gasteiger partial charge in [0.05, 0.1) is 16.0 Å². The summed E-state index contributed by atoms with van der Waals surface area (Å²) in [7, 11) is 0. The van der Waals surface area contributed by atoms with E-state index in [-0.39, 0.29) is 11.5 Å². The van der Waals surface area contributed by atoms with E-state index in [1.165, 1.54) is 0 Å². The van der Waals surface area contributed by atoms with Gasteiger partial charge in [-0.3, -0.25) is 4.79 Å². The van der Waals surface area contributed by atoms with Crippen molar-refractivity contribution in [3.05, 3.63) is 16.9 Å². The Bertz CT molecular complexity index is 632. The maximum Gasteiger partial charge on any atom is 0.230 e. The van der Waals surface area contributed by atoms with Gasteiger partial charge in [0.1, 0.15) is 0 Å². The van der Waals surface area contributed by atoms with Crippen LogP contribution in [0.1, 0.15) is 44.9 Å². The zero-order valence-electron chi connectivity index (χ0n) is 14.4. The molecule has 1 aromatic heterocycles. The van der Waals surface area contributed by atoms with Gasteiger partial charge < -0.3 is 14.9 Å². The van der Waals surface area contributed by atoms with Gasteiger partial charge in [-0.2, -0.15) is 0 Å². The van der Waals surface area contributed by atoms with E-state index in [0.29, 0.717) is 17.9 Å². The molecule has 3 heterocycles. The molecule has 1 unspecified atom stereocenters. The first-order valence-electron chi connectivity index (χ1n) is 9.29. The molecule has 136 valence electrons. The molecule has 1 atom stereocenters. The van der Waals surface area contributed by atoms with Crippen LogP contribution >= 0.6 is 15.9 Å². The van der Waals surface area contributed by atoms with Crippen LogP contribution in [0.5, 0.6) is 0 Å². The average Bonchev–Trinajstić information content (AvgIpc) is 2.93. The molecule has 0 bridgehead atoms. The zero-order valence-corrected chi connectivity index (χ0v) is 16.0. The Balaban J connectivity index is 1.48. The molecular formula is C18H25BrN4O2. The van der Waals surface area contributed by atoms with Crippen LogP contribution in [0.4, 0.5) is 5.95 Å². The van der Waals surface area contributed by atoms with Crippen LogP contribution in [0.2, 0.25) is 0 Å². The largest absolute Gasteiger partial charge is 0.393 e. The molecule has 1 spiro atoms. The monoisotopic (exact) mass is 408 g/mol. The Morgan fingerprint density at radius 1 is 1.12 bits per heavy atom. The van der Waals surface area contributed by atoms with E-state index < -0.39 is 0 Å². The Hall–Kier alpha value is -1.21. The van der Waals surface area contributed by atoms with Crippen LogP contribution in [0, 0.1) is 5.41 Å². The normalized spacial score (nSPS) is 33.3. The predicted octanol–water partition coefficient (Wildman–Crippen LogP) is 2.36. The van der Waals surface area contributed by atoms with Crippen molar-refractivity contribution in [2.45, 2.75) is 57.1 Å². The summed E-state index contributed by atoms with van der Waals surface area (Å²) in [5.74, 6) is 1.03. The second kappa shape index (κ2) is 6.83. The lowest BCUT2D eigenvalue weighted by Crippen LogP contribution is -2.50. The number of anilines is 1. The molecule has 7 heteroatoms. The van der Waals surface area contributed by atoms with Crippen LogP contribution in [0.3, 0.4) is 0 Å². The van der Waals surface area contributed by atoms with Crippen LogP contribution in [0.15, 0.2) is 16.9 Å². The van der Waals surface area contributed by atoms with Gasteiger partial charge in [0.25, 0.3) is 0 Å². The molecule has 4 rings (SSSR count). The fraction of sp³-hybridized carbons (Fsp3) is 0.722. The maximum absolute atomic E-state index is 13.3. The number of amides is 1. The molecule has 3 aliphatic rings. The third-order valence-corrected chi connectivity index (χ3v) is 6.53. The Morgan fingerprint density at radius 2 is 1.84 bits per heavy atom. The number of likely N-dealkylation sites (tertiary alicyclic amines) is 1. The van der Waals surface area contributed by atoms with Gasteiger partial charge in [-0.1, -0.05) is 0 Å². The zero-order chi connectivity index (χ0) is 17.4. The first-order chi connectivity index (χ1) is 12.1. The highest BCUT2D eigenvalue weighted by molar-refractivity contribution is 9.10.